The van der Waals surface area contributed by atoms with Crippen LogP contribution in [0.3, 0.4) is 0 Å². The molecule has 1 amide bonds. The summed E-state index contributed by atoms with van der Waals surface area (Å²) in [5.41, 5.74) is 1.06. The number of nitrogens with one attached hydrogen (secondary N) is 1. The molecule has 0 fully saturated rings. The number of amides is 1. The third-order valence-corrected chi connectivity index (χ3v) is 3.81. The number of benzene rings is 3. The first-order valence-corrected chi connectivity index (χ1v) is 8.16. The van der Waals surface area contributed by atoms with Crippen LogP contribution >= 0.6 is 0 Å². The first-order valence-electron chi connectivity index (χ1n) is 8.16. The van der Waals surface area contributed by atoms with E-state index in [-0.39, 0.29) is 11.7 Å². The van der Waals surface area contributed by atoms with Gasteiger partial charge in [0.1, 0.15) is 17.3 Å². The molecule has 5 nitrogen and oxygen atoms in total. The Labute approximate surface area is 156 Å². The van der Waals surface area contributed by atoms with E-state index in [0.29, 0.717) is 34.2 Å². The molecule has 0 saturated heterocycles. The molecular formula is C21H18FNO4. The SMILES string of the molecule is COc1ccc(NC(=O)c2ccc(Oc3ccc(F)cc3)cc2)cc1OC. The summed E-state index contributed by atoms with van der Waals surface area (Å²) in [6.45, 7) is 0. The quantitative estimate of drug-likeness (QED) is 0.674. The third-order valence-electron chi connectivity index (χ3n) is 3.81. The molecule has 3 rings (SSSR count). The van der Waals surface area contributed by atoms with Gasteiger partial charge >= 0.3 is 0 Å². The predicted octanol–water partition coefficient (Wildman–Crippen LogP) is 4.89. The van der Waals surface area contributed by atoms with Crippen molar-refractivity contribution in [3.63, 3.8) is 0 Å². The Morgan fingerprint density at radius 1 is 0.815 bits per heavy atom. The fraction of sp³-hybridized carbons (Fsp3) is 0.0952. The van der Waals surface area contributed by atoms with Gasteiger partial charge in [-0.15, -0.1) is 0 Å². The largest absolute Gasteiger partial charge is 0.493 e. The number of ether oxygens (including phenoxy) is 3. The molecule has 0 spiro atoms. The Bertz CT molecular complexity index is 924. The van der Waals surface area contributed by atoms with Crippen LogP contribution in [0.25, 0.3) is 0 Å². The minimum Gasteiger partial charge on any atom is -0.493 e. The summed E-state index contributed by atoms with van der Waals surface area (Å²) in [4.78, 5) is 12.4. The van der Waals surface area contributed by atoms with Gasteiger partial charge in [-0.05, 0) is 60.7 Å². The number of methoxy groups -OCH3 is 2. The van der Waals surface area contributed by atoms with Crippen LogP contribution in [0.1, 0.15) is 10.4 Å². The highest BCUT2D eigenvalue weighted by Gasteiger charge is 2.10. The van der Waals surface area contributed by atoms with Gasteiger partial charge in [0.15, 0.2) is 11.5 Å². The summed E-state index contributed by atoms with van der Waals surface area (Å²) in [5.74, 6) is 1.57. The highest BCUT2D eigenvalue weighted by Crippen LogP contribution is 2.30. The number of hydrogen-bond acceptors (Lipinski definition) is 4. The lowest BCUT2D eigenvalue weighted by molar-refractivity contribution is 0.102. The molecular weight excluding hydrogens is 349 g/mol. The minimum absolute atomic E-state index is 0.268. The Morgan fingerprint density at radius 3 is 2.00 bits per heavy atom. The van der Waals surface area contributed by atoms with Gasteiger partial charge in [-0.1, -0.05) is 0 Å². The van der Waals surface area contributed by atoms with Gasteiger partial charge in [-0.3, -0.25) is 4.79 Å². The van der Waals surface area contributed by atoms with Crippen molar-refractivity contribution in [2.75, 3.05) is 19.5 Å². The zero-order valence-electron chi connectivity index (χ0n) is 14.9. The fourth-order valence-electron chi connectivity index (χ4n) is 2.43. The summed E-state index contributed by atoms with van der Waals surface area (Å²) in [5, 5.41) is 2.80. The van der Waals surface area contributed by atoms with E-state index in [2.05, 4.69) is 5.32 Å². The molecule has 6 heteroatoms. The molecule has 0 unspecified atom stereocenters. The van der Waals surface area contributed by atoms with Crippen molar-refractivity contribution in [3.8, 4) is 23.0 Å². The summed E-state index contributed by atoms with van der Waals surface area (Å²) >= 11 is 0. The second-order valence-corrected chi connectivity index (χ2v) is 5.60. The topological polar surface area (TPSA) is 56.8 Å². The van der Waals surface area contributed by atoms with Gasteiger partial charge in [0, 0.05) is 17.3 Å². The lowest BCUT2D eigenvalue weighted by atomic mass is 10.2. The minimum atomic E-state index is -0.329. The van der Waals surface area contributed by atoms with Crippen molar-refractivity contribution >= 4 is 11.6 Å². The number of hydrogen-bond donors (Lipinski definition) is 1. The molecule has 0 saturated carbocycles. The average molecular weight is 367 g/mol. The van der Waals surface area contributed by atoms with Crippen LogP contribution in [-0.2, 0) is 0 Å². The van der Waals surface area contributed by atoms with Gasteiger partial charge in [0.2, 0.25) is 0 Å². The second kappa shape index (κ2) is 8.23. The number of carbonyl (C=O) groups excluding carboxylic acids is 1. The maximum atomic E-state index is 12.9. The summed E-state index contributed by atoms with van der Waals surface area (Å²) in [6, 6.07) is 17.5. The average Bonchev–Trinajstić information content (AvgIpc) is 2.70. The molecule has 0 aromatic heterocycles. The van der Waals surface area contributed by atoms with Crippen LogP contribution in [0.4, 0.5) is 10.1 Å². The van der Waals surface area contributed by atoms with Gasteiger partial charge < -0.3 is 19.5 Å². The molecule has 0 heterocycles. The molecule has 0 bridgehead atoms. The summed E-state index contributed by atoms with van der Waals surface area (Å²) in [6.07, 6.45) is 0. The van der Waals surface area contributed by atoms with Crippen molar-refractivity contribution in [2.45, 2.75) is 0 Å². The van der Waals surface area contributed by atoms with Gasteiger partial charge in [0.05, 0.1) is 14.2 Å². The van der Waals surface area contributed by atoms with Crippen LogP contribution < -0.4 is 19.5 Å². The molecule has 3 aromatic rings. The van der Waals surface area contributed by atoms with E-state index in [1.165, 1.54) is 31.4 Å². The first-order chi connectivity index (χ1) is 13.1. The molecule has 27 heavy (non-hydrogen) atoms. The van der Waals surface area contributed by atoms with E-state index in [0.717, 1.165) is 0 Å². The predicted molar refractivity (Wildman–Crippen MR) is 100 cm³/mol. The highest BCUT2D eigenvalue weighted by atomic mass is 19.1. The Balaban J connectivity index is 1.67. The molecule has 1 N–H and O–H groups in total. The van der Waals surface area contributed by atoms with E-state index < -0.39 is 0 Å². The maximum absolute atomic E-state index is 12.9. The zero-order chi connectivity index (χ0) is 19.2. The maximum Gasteiger partial charge on any atom is 0.255 e. The Kier molecular flexibility index (Phi) is 5.56. The lowest BCUT2D eigenvalue weighted by Crippen LogP contribution is -2.11. The molecule has 3 aromatic carbocycles. The van der Waals surface area contributed by atoms with Crippen molar-refractivity contribution in [3.05, 3.63) is 78.1 Å². The van der Waals surface area contributed by atoms with Crippen LogP contribution in [-0.4, -0.2) is 20.1 Å². The van der Waals surface area contributed by atoms with Crippen molar-refractivity contribution in [1.29, 1.82) is 0 Å². The van der Waals surface area contributed by atoms with E-state index in [1.54, 1.807) is 49.6 Å². The molecule has 138 valence electrons. The van der Waals surface area contributed by atoms with Crippen LogP contribution in [0.2, 0.25) is 0 Å². The normalized spacial score (nSPS) is 10.2. The van der Waals surface area contributed by atoms with Crippen LogP contribution in [0.15, 0.2) is 66.7 Å². The standard InChI is InChI=1S/C21H18FNO4/c1-25-19-12-7-16(13-20(19)26-2)23-21(24)14-3-8-17(9-4-14)27-18-10-5-15(22)6-11-18/h3-13H,1-2H3,(H,23,24). The molecule has 0 atom stereocenters. The summed E-state index contributed by atoms with van der Waals surface area (Å²) < 4.78 is 28.9. The zero-order valence-corrected chi connectivity index (χ0v) is 14.9. The van der Waals surface area contributed by atoms with Crippen molar-refractivity contribution in [2.24, 2.45) is 0 Å². The van der Waals surface area contributed by atoms with E-state index in [9.17, 15) is 9.18 Å². The monoisotopic (exact) mass is 367 g/mol. The molecule has 0 radical (unpaired) electrons. The third kappa shape index (κ3) is 4.55. The smallest absolute Gasteiger partial charge is 0.255 e. The number of carbonyl (C=O) groups is 1. The van der Waals surface area contributed by atoms with E-state index in [4.69, 9.17) is 14.2 Å². The van der Waals surface area contributed by atoms with Gasteiger partial charge in [0.25, 0.3) is 5.91 Å². The Morgan fingerprint density at radius 2 is 1.41 bits per heavy atom. The molecule has 0 aliphatic rings. The van der Waals surface area contributed by atoms with Crippen LogP contribution in [0, 0.1) is 5.82 Å². The first kappa shape index (κ1) is 18.3. The van der Waals surface area contributed by atoms with Gasteiger partial charge in [-0.25, -0.2) is 4.39 Å². The van der Waals surface area contributed by atoms with E-state index in [1.807, 2.05) is 0 Å². The Hall–Kier alpha value is -3.54. The highest BCUT2D eigenvalue weighted by molar-refractivity contribution is 6.04. The molecule has 0 aliphatic carbocycles. The van der Waals surface area contributed by atoms with Crippen molar-refractivity contribution in [1.82, 2.24) is 0 Å². The number of rotatable bonds is 6. The molecule has 0 aliphatic heterocycles. The van der Waals surface area contributed by atoms with Crippen molar-refractivity contribution < 1.29 is 23.4 Å². The van der Waals surface area contributed by atoms with E-state index >= 15 is 0 Å². The van der Waals surface area contributed by atoms with Gasteiger partial charge in [-0.2, -0.15) is 0 Å². The fourth-order valence-corrected chi connectivity index (χ4v) is 2.43. The second-order valence-electron chi connectivity index (χ2n) is 5.60. The number of anilines is 1. The summed E-state index contributed by atoms with van der Waals surface area (Å²) in [7, 11) is 3.08. The van der Waals surface area contributed by atoms with Crippen LogP contribution in [0.5, 0.6) is 23.0 Å². The number of halogens is 1. The lowest BCUT2D eigenvalue weighted by Gasteiger charge is -2.11.